The quantitative estimate of drug-likeness (QED) is 0.623. The maximum absolute atomic E-state index is 13.2. The van der Waals surface area contributed by atoms with Crippen molar-refractivity contribution in [1.29, 1.82) is 0 Å². The zero-order valence-electron chi connectivity index (χ0n) is 16.8. The Kier molecular flexibility index (Phi) is 5.03. The van der Waals surface area contributed by atoms with Crippen molar-refractivity contribution >= 4 is 23.4 Å². The van der Waals surface area contributed by atoms with Crippen LogP contribution >= 0.6 is 0 Å². The molecule has 2 aliphatic heterocycles. The number of carbonyl (C=O) groups excluding carboxylic acids is 2. The molecule has 3 aromatic rings. The van der Waals surface area contributed by atoms with Crippen molar-refractivity contribution in [2.24, 2.45) is 0 Å². The highest BCUT2D eigenvalue weighted by molar-refractivity contribution is 5.82. The molecule has 0 spiro atoms. The third-order valence-electron chi connectivity index (χ3n) is 6.17. The summed E-state index contributed by atoms with van der Waals surface area (Å²) >= 11 is 0. The van der Waals surface area contributed by atoms with Crippen LogP contribution in [0, 0.1) is 0 Å². The van der Waals surface area contributed by atoms with Crippen LogP contribution in [0.4, 0.5) is 0 Å². The minimum atomic E-state index is -0.435. The van der Waals surface area contributed by atoms with Crippen molar-refractivity contribution in [2.45, 2.75) is 31.0 Å². The first-order valence-electron chi connectivity index (χ1n) is 10.4. The van der Waals surface area contributed by atoms with Gasteiger partial charge in [-0.1, -0.05) is 12.1 Å². The van der Waals surface area contributed by atoms with Crippen molar-refractivity contribution in [3.8, 4) is 5.75 Å². The number of amides is 2. The van der Waals surface area contributed by atoms with Crippen molar-refractivity contribution in [3.63, 3.8) is 0 Å². The number of nitrogens with one attached hydrogen (secondary N) is 1. The van der Waals surface area contributed by atoms with Crippen LogP contribution in [0.1, 0.15) is 36.1 Å². The Morgan fingerprint density at radius 1 is 1.19 bits per heavy atom. The van der Waals surface area contributed by atoms with Gasteiger partial charge in [0, 0.05) is 31.3 Å². The molecule has 1 aromatic carbocycles. The Labute approximate surface area is 178 Å². The van der Waals surface area contributed by atoms with Crippen molar-refractivity contribution in [1.82, 2.24) is 25.0 Å². The van der Waals surface area contributed by atoms with Crippen LogP contribution in [0.15, 0.2) is 42.7 Å². The summed E-state index contributed by atoms with van der Waals surface area (Å²) in [6, 6.07) is 7.88. The zero-order chi connectivity index (χ0) is 21.4. The largest absolute Gasteiger partial charge is 0.508 e. The SMILES string of the molecule is O=CN1C(c2ccc(O)cc2)CN(C(=O)C2CCCO2)CC1c1ccnc2[nH]ncc12. The Bertz CT molecular complexity index is 1090. The third kappa shape index (κ3) is 3.50. The van der Waals surface area contributed by atoms with Gasteiger partial charge in [0.05, 0.1) is 18.3 Å². The number of piperazine rings is 1. The molecule has 2 fully saturated rings. The number of carbonyl (C=O) groups is 2. The highest BCUT2D eigenvalue weighted by Gasteiger charge is 2.40. The molecule has 3 unspecified atom stereocenters. The fraction of sp³-hybridized carbons (Fsp3) is 0.364. The molecule has 31 heavy (non-hydrogen) atoms. The van der Waals surface area contributed by atoms with Gasteiger partial charge in [0.25, 0.3) is 5.91 Å². The molecule has 0 bridgehead atoms. The van der Waals surface area contributed by atoms with Gasteiger partial charge in [-0.05, 0) is 42.2 Å². The van der Waals surface area contributed by atoms with E-state index in [9.17, 15) is 14.7 Å². The summed E-state index contributed by atoms with van der Waals surface area (Å²) in [5.41, 5.74) is 2.35. The molecule has 0 aliphatic carbocycles. The lowest BCUT2D eigenvalue weighted by Crippen LogP contribution is -2.53. The number of H-pyrrole nitrogens is 1. The molecule has 9 nitrogen and oxygen atoms in total. The molecule has 2 aromatic heterocycles. The van der Waals surface area contributed by atoms with E-state index in [-0.39, 0.29) is 23.7 Å². The number of hydrogen-bond donors (Lipinski definition) is 2. The molecule has 0 radical (unpaired) electrons. The van der Waals surface area contributed by atoms with Gasteiger partial charge in [0.2, 0.25) is 6.41 Å². The fourth-order valence-corrected chi connectivity index (χ4v) is 4.60. The summed E-state index contributed by atoms with van der Waals surface area (Å²) in [6.07, 6.45) is 5.35. The highest BCUT2D eigenvalue weighted by Crippen LogP contribution is 2.38. The van der Waals surface area contributed by atoms with Gasteiger partial charge in [0.15, 0.2) is 5.65 Å². The molecule has 2 N–H and O–H groups in total. The van der Waals surface area contributed by atoms with Gasteiger partial charge in [-0.3, -0.25) is 14.7 Å². The molecule has 2 saturated heterocycles. The molecule has 160 valence electrons. The number of fused-ring (bicyclic) bond motifs is 1. The molecular formula is C22H23N5O4. The topological polar surface area (TPSA) is 112 Å². The summed E-state index contributed by atoms with van der Waals surface area (Å²) in [7, 11) is 0. The lowest BCUT2D eigenvalue weighted by molar-refractivity contribution is -0.148. The molecular weight excluding hydrogens is 398 g/mol. The maximum atomic E-state index is 13.2. The second-order valence-electron chi connectivity index (χ2n) is 7.95. The summed E-state index contributed by atoms with van der Waals surface area (Å²) in [5.74, 6) is 0.101. The number of rotatable bonds is 4. The molecule has 4 heterocycles. The van der Waals surface area contributed by atoms with Gasteiger partial charge >= 0.3 is 0 Å². The second-order valence-corrected chi connectivity index (χ2v) is 7.95. The van der Waals surface area contributed by atoms with Crippen LogP contribution in [0.5, 0.6) is 5.75 Å². The number of benzene rings is 1. The number of aromatic amines is 1. The van der Waals surface area contributed by atoms with Crippen LogP contribution in [-0.4, -0.2) is 68.2 Å². The number of aromatic hydroxyl groups is 1. The molecule has 2 aliphatic rings. The normalized spacial score (nSPS) is 23.9. The van der Waals surface area contributed by atoms with Crippen molar-refractivity contribution in [2.75, 3.05) is 19.7 Å². The standard InChI is InChI=1S/C22H23N5O4/c28-13-27-18(14-3-5-15(29)6-4-14)11-26(22(30)20-2-1-9-31-20)12-19(27)16-7-8-23-21-17(16)10-24-25-21/h3-8,10,13,18-20,29H,1-2,9,11-12H2,(H,23,24,25). The average molecular weight is 421 g/mol. The summed E-state index contributed by atoms with van der Waals surface area (Å²) < 4.78 is 5.64. The van der Waals surface area contributed by atoms with Crippen LogP contribution in [0.3, 0.4) is 0 Å². The lowest BCUT2D eigenvalue weighted by Gasteiger charge is -2.46. The minimum absolute atomic E-state index is 0.0469. The van der Waals surface area contributed by atoms with Gasteiger partial charge in [-0.2, -0.15) is 5.10 Å². The third-order valence-corrected chi connectivity index (χ3v) is 6.17. The van der Waals surface area contributed by atoms with E-state index in [2.05, 4.69) is 15.2 Å². The molecule has 0 saturated carbocycles. The number of hydrogen-bond acceptors (Lipinski definition) is 6. The van der Waals surface area contributed by atoms with E-state index in [0.717, 1.165) is 29.3 Å². The van der Waals surface area contributed by atoms with Crippen molar-refractivity contribution in [3.05, 3.63) is 53.9 Å². The van der Waals surface area contributed by atoms with Gasteiger partial charge < -0.3 is 19.6 Å². The number of pyridine rings is 1. The first-order valence-corrected chi connectivity index (χ1v) is 10.4. The van der Waals surface area contributed by atoms with Crippen LogP contribution in [0.2, 0.25) is 0 Å². The maximum Gasteiger partial charge on any atom is 0.251 e. The number of ether oxygens (including phenoxy) is 1. The first-order chi connectivity index (χ1) is 15.2. The van der Waals surface area contributed by atoms with Gasteiger partial charge in [-0.25, -0.2) is 4.98 Å². The number of nitrogens with zero attached hydrogens (tertiary/aromatic N) is 4. The molecule has 3 atom stereocenters. The van der Waals surface area contributed by atoms with E-state index in [1.54, 1.807) is 46.5 Å². The van der Waals surface area contributed by atoms with Gasteiger partial charge in [-0.15, -0.1) is 0 Å². The number of aromatic nitrogens is 3. The summed E-state index contributed by atoms with van der Waals surface area (Å²) in [4.78, 5) is 33.4. The summed E-state index contributed by atoms with van der Waals surface area (Å²) in [5, 5.41) is 17.5. The smallest absolute Gasteiger partial charge is 0.251 e. The number of phenolic OH excluding ortho intramolecular Hbond substituents is 1. The Morgan fingerprint density at radius 3 is 2.74 bits per heavy atom. The number of phenols is 1. The fourth-order valence-electron chi connectivity index (χ4n) is 4.60. The first kappa shape index (κ1) is 19.5. The van der Waals surface area contributed by atoms with E-state index < -0.39 is 6.10 Å². The van der Waals surface area contributed by atoms with Crippen LogP contribution in [0.25, 0.3) is 11.0 Å². The molecule has 2 amide bonds. The second kappa shape index (κ2) is 7.99. The zero-order valence-corrected chi connectivity index (χ0v) is 16.8. The van der Waals surface area contributed by atoms with Crippen LogP contribution in [-0.2, 0) is 14.3 Å². The van der Waals surface area contributed by atoms with Gasteiger partial charge in [0.1, 0.15) is 11.9 Å². The Morgan fingerprint density at radius 2 is 2.00 bits per heavy atom. The van der Waals surface area contributed by atoms with E-state index in [0.29, 0.717) is 31.8 Å². The van der Waals surface area contributed by atoms with E-state index in [1.807, 2.05) is 6.07 Å². The lowest BCUT2D eigenvalue weighted by atomic mass is 9.94. The van der Waals surface area contributed by atoms with E-state index >= 15 is 0 Å². The average Bonchev–Trinajstić information content (AvgIpc) is 3.50. The van der Waals surface area contributed by atoms with E-state index in [4.69, 9.17) is 4.74 Å². The van der Waals surface area contributed by atoms with Crippen LogP contribution < -0.4 is 0 Å². The molecule has 9 heteroatoms. The Balaban J connectivity index is 1.57. The monoisotopic (exact) mass is 421 g/mol. The Hall–Kier alpha value is -3.46. The van der Waals surface area contributed by atoms with Crippen molar-refractivity contribution < 1.29 is 19.4 Å². The predicted octanol–water partition coefficient (Wildman–Crippen LogP) is 1.93. The van der Waals surface area contributed by atoms with E-state index in [1.165, 1.54) is 0 Å². The summed E-state index contributed by atoms with van der Waals surface area (Å²) in [6.45, 7) is 1.31. The highest BCUT2D eigenvalue weighted by atomic mass is 16.5. The minimum Gasteiger partial charge on any atom is -0.508 e. The predicted molar refractivity (Wildman–Crippen MR) is 111 cm³/mol. The molecule has 5 rings (SSSR count).